The van der Waals surface area contributed by atoms with Gasteiger partial charge in [0.1, 0.15) is 0 Å². The van der Waals surface area contributed by atoms with Crippen LogP contribution in [0.2, 0.25) is 0 Å². The third-order valence-electron chi connectivity index (χ3n) is 13.6. The minimum absolute atomic E-state index is 0. The van der Waals surface area contributed by atoms with Crippen LogP contribution in [0.3, 0.4) is 0 Å². The number of likely N-dealkylation sites (N-methyl/N-ethyl adjacent to an activating group) is 1. The summed E-state index contributed by atoms with van der Waals surface area (Å²) in [4.78, 5) is 0.298. The van der Waals surface area contributed by atoms with Crippen molar-refractivity contribution in [3.63, 3.8) is 0 Å². The second-order valence-electron chi connectivity index (χ2n) is 20.3. The molecule has 6 rings (SSSR count). The fourth-order valence-electron chi connectivity index (χ4n) is 8.42. The first-order valence-corrected chi connectivity index (χ1v) is 38.3. The van der Waals surface area contributed by atoms with Crippen LogP contribution in [0.5, 0.6) is 0 Å². The average Bonchev–Trinajstić information content (AvgIpc) is 2.77. The largest absolute Gasteiger partial charge is 0.396 e. The lowest BCUT2D eigenvalue weighted by molar-refractivity contribution is 0.262. The fraction of sp³-hybridized carbons (Fsp3) is 0.410. The van der Waals surface area contributed by atoms with Crippen LogP contribution in [0.1, 0.15) is 67.5 Å². The van der Waals surface area contributed by atoms with E-state index in [0.717, 1.165) is 50.6 Å². The van der Waals surface area contributed by atoms with E-state index in [1.54, 1.807) is 79.7 Å². The number of nitrogens with one attached hydrogen (secondary N) is 1. The lowest BCUT2D eigenvalue weighted by atomic mass is 10.2. The number of rotatable bonds is 31. The van der Waals surface area contributed by atoms with E-state index in [4.69, 9.17) is 0 Å². The summed E-state index contributed by atoms with van der Waals surface area (Å²) < 4.78 is 171. The van der Waals surface area contributed by atoms with Gasteiger partial charge in [0.25, 0.3) is 0 Å². The van der Waals surface area contributed by atoms with E-state index >= 15 is 0 Å². The molecule has 20 nitrogen and oxygen atoms in total. The van der Waals surface area contributed by atoms with Crippen molar-refractivity contribution in [3.05, 3.63) is 179 Å². The number of aliphatic hydroxyl groups is 2. The maximum absolute atomic E-state index is 13.8. The number of benzene rings is 6. The Morgan fingerprint density at radius 2 is 0.523 bits per heavy atom. The van der Waals surface area contributed by atoms with Crippen LogP contribution in [0, 0.1) is 41.5 Å². The second kappa shape index (κ2) is 35.9. The SMILES string of the molecule is C.CCI.CCN(CCN(CCN(CCCO)S(=O)(=O)c1ccc(C)cc1)S(=O)(=O)c1ccc(C)cc1)S(=O)(=O)c1ccc(C)cc1.Cc1ccc(S(=O)(=O)NCCN(CCN(CCCO)S(=O)(=O)c2ccc(C)cc2)S(=O)(=O)c2ccc(C)cc2)cc1. The molecule has 0 fully saturated rings. The summed E-state index contributed by atoms with van der Waals surface area (Å²) in [6, 6.07) is 37.9. The zero-order valence-electron chi connectivity index (χ0n) is 50.5. The maximum atomic E-state index is 13.8. The smallest absolute Gasteiger partial charge is 0.243 e. The van der Waals surface area contributed by atoms with Crippen molar-refractivity contribution < 1.29 is 60.7 Å². The van der Waals surface area contributed by atoms with Gasteiger partial charge in [0.05, 0.1) is 29.4 Å². The van der Waals surface area contributed by atoms with Gasteiger partial charge in [0.2, 0.25) is 60.1 Å². The number of halogens is 1. The number of aryl methyl sites for hydroxylation is 6. The third-order valence-corrected chi connectivity index (χ3v) is 24.7. The van der Waals surface area contributed by atoms with Crippen LogP contribution in [0.15, 0.2) is 175 Å². The molecule has 0 aliphatic rings. The Morgan fingerprint density at radius 3 is 0.750 bits per heavy atom. The first-order chi connectivity index (χ1) is 40.9. The topological polar surface area (TPSA) is 274 Å². The van der Waals surface area contributed by atoms with Crippen LogP contribution >= 0.6 is 22.6 Å². The van der Waals surface area contributed by atoms with E-state index in [1.165, 1.54) is 81.5 Å². The van der Waals surface area contributed by atoms with Gasteiger partial charge in [-0.25, -0.2) is 55.2 Å². The highest BCUT2D eigenvalue weighted by atomic mass is 127. The Kier molecular flexibility index (Phi) is 31.7. The van der Waals surface area contributed by atoms with Crippen molar-refractivity contribution in [3.8, 4) is 0 Å². The third kappa shape index (κ3) is 22.4. The molecule has 0 radical (unpaired) electrons. The fourth-order valence-corrected chi connectivity index (χ4v) is 16.7. The zero-order valence-corrected chi connectivity index (χ0v) is 57.6. The molecule has 0 aliphatic heterocycles. The Bertz CT molecular complexity index is 3800. The zero-order chi connectivity index (χ0) is 64.8. The predicted octanol–water partition coefficient (Wildman–Crippen LogP) is 8.12. The molecule has 0 amide bonds. The molecule has 0 saturated carbocycles. The van der Waals surface area contributed by atoms with Crippen molar-refractivity contribution in [2.24, 2.45) is 0 Å². The van der Waals surface area contributed by atoms with Gasteiger partial charge in [-0.3, -0.25) is 0 Å². The summed E-state index contributed by atoms with van der Waals surface area (Å²) in [6.45, 7) is 12.7. The Balaban J connectivity index is 0.000000436. The number of aliphatic hydroxyl groups excluding tert-OH is 2. The lowest BCUT2D eigenvalue weighted by Gasteiger charge is -2.29. The van der Waals surface area contributed by atoms with E-state index < -0.39 is 60.1 Å². The summed E-state index contributed by atoms with van der Waals surface area (Å²) in [5, 5.41) is 18.8. The molecule has 6 aromatic carbocycles. The van der Waals surface area contributed by atoms with Crippen molar-refractivity contribution in [2.45, 2.75) is 105 Å². The van der Waals surface area contributed by atoms with Crippen molar-refractivity contribution in [2.75, 3.05) is 89.6 Å². The molecule has 0 bridgehead atoms. The quantitative estimate of drug-likeness (QED) is 0.0274. The monoisotopic (exact) mass is 1450 g/mol. The predicted molar refractivity (Wildman–Crippen MR) is 356 cm³/mol. The van der Waals surface area contributed by atoms with Crippen LogP contribution < -0.4 is 4.72 Å². The van der Waals surface area contributed by atoms with Gasteiger partial charge in [0.15, 0.2) is 0 Å². The number of alkyl halides is 1. The molecule has 488 valence electrons. The van der Waals surface area contributed by atoms with Crippen LogP contribution in [0.25, 0.3) is 0 Å². The molecule has 0 atom stereocenters. The molecule has 0 aromatic heterocycles. The van der Waals surface area contributed by atoms with Gasteiger partial charge in [-0.2, -0.15) is 21.5 Å². The highest BCUT2D eigenvalue weighted by Crippen LogP contribution is 2.24. The van der Waals surface area contributed by atoms with Gasteiger partial charge in [-0.1, -0.05) is 150 Å². The molecule has 0 saturated heterocycles. The van der Waals surface area contributed by atoms with Crippen LogP contribution in [-0.4, -0.2) is 172 Å². The number of hydrogen-bond donors (Lipinski definition) is 3. The molecule has 3 N–H and O–H groups in total. The average molecular weight is 1450 g/mol. The summed E-state index contributed by atoms with van der Waals surface area (Å²) in [7, 11) is -24.0. The normalized spacial score (nSPS) is 12.4. The molecular formula is C61H87IN6O14S6. The number of sulfonamides is 6. The first kappa shape index (κ1) is 77.7. The maximum Gasteiger partial charge on any atom is 0.243 e. The van der Waals surface area contributed by atoms with Gasteiger partial charge in [-0.15, -0.1) is 0 Å². The molecule has 27 heteroatoms. The minimum atomic E-state index is -4.13. The van der Waals surface area contributed by atoms with Gasteiger partial charge in [0, 0.05) is 85.2 Å². The number of nitrogens with zero attached hydrogens (tertiary/aromatic N) is 5. The van der Waals surface area contributed by atoms with E-state index in [2.05, 4.69) is 34.2 Å². The van der Waals surface area contributed by atoms with Gasteiger partial charge < -0.3 is 10.2 Å². The molecule has 88 heavy (non-hydrogen) atoms. The summed E-state index contributed by atoms with van der Waals surface area (Å²) in [6.07, 6.45) is 0.320. The second-order valence-corrected chi connectivity index (χ2v) is 33.3. The van der Waals surface area contributed by atoms with E-state index in [9.17, 15) is 60.7 Å². The molecule has 0 aliphatic carbocycles. The van der Waals surface area contributed by atoms with Gasteiger partial charge >= 0.3 is 0 Å². The Morgan fingerprint density at radius 1 is 0.330 bits per heavy atom. The molecule has 0 spiro atoms. The lowest BCUT2D eigenvalue weighted by Crippen LogP contribution is -2.45. The van der Waals surface area contributed by atoms with Gasteiger partial charge in [-0.05, 0) is 132 Å². The number of hydrogen-bond acceptors (Lipinski definition) is 14. The Labute approximate surface area is 539 Å². The van der Waals surface area contributed by atoms with Crippen LogP contribution in [-0.2, 0) is 60.1 Å². The standard InChI is InChI=1S/C30H41N3O7S3.C28H37N3O7S3.C2H5I.CH4/c1-5-31(41(35,36)28-13-7-25(2)8-14-28)20-21-33(43(39,40)30-17-11-27(4)12-18-30)23-22-32(19-6-24-34)42(37,38)29-15-9-26(3)10-16-29;1-23-5-11-26(12-6-23)39(33,34)29-17-19-31(41(37,38)28-15-9-25(3)10-16-28)21-20-30(18-4-22-32)40(35,36)27-13-7-24(2)8-14-27;1-2-3;/h7-18,34H,5-6,19-24H2,1-4H3;5-16,29,32H,4,17-22H2,1-3H3;2H2,1H3;1H4. The van der Waals surface area contributed by atoms with Crippen molar-refractivity contribution in [1.29, 1.82) is 0 Å². The molecule has 6 aromatic rings. The van der Waals surface area contributed by atoms with E-state index in [-0.39, 0.29) is 135 Å². The summed E-state index contributed by atoms with van der Waals surface area (Å²) in [5.74, 6) is 0. The van der Waals surface area contributed by atoms with Crippen molar-refractivity contribution >= 4 is 82.7 Å². The van der Waals surface area contributed by atoms with E-state index in [0.29, 0.717) is 0 Å². The van der Waals surface area contributed by atoms with Crippen LogP contribution in [0.4, 0.5) is 0 Å². The summed E-state index contributed by atoms with van der Waals surface area (Å²) >= 11 is 2.29. The highest BCUT2D eigenvalue weighted by Gasteiger charge is 2.33. The minimum Gasteiger partial charge on any atom is -0.396 e. The Hall–Kier alpha value is -4.57. The molecule has 0 heterocycles. The first-order valence-electron chi connectivity index (χ1n) is 28.1. The highest BCUT2D eigenvalue weighted by molar-refractivity contribution is 14.1. The van der Waals surface area contributed by atoms with Crippen molar-refractivity contribution in [1.82, 2.24) is 26.2 Å². The van der Waals surface area contributed by atoms with E-state index in [1.807, 2.05) is 41.5 Å². The molecule has 0 unspecified atom stereocenters. The molecular weight excluding hydrogens is 1360 g/mol. The summed E-state index contributed by atoms with van der Waals surface area (Å²) in [5.41, 5.74) is 5.30.